The first-order valence-corrected chi connectivity index (χ1v) is 5.59. The second-order valence-electron chi connectivity index (χ2n) is 3.57. The molecular weight excluding hydrogens is 204 g/mol. The first kappa shape index (κ1) is 13.7. The van der Waals surface area contributed by atoms with Gasteiger partial charge in [-0.25, -0.2) is 4.79 Å². The van der Waals surface area contributed by atoms with E-state index in [1.807, 2.05) is 6.92 Å². The van der Waals surface area contributed by atoms with Crippen LogP contribution in [-0.4, -0.2) is 47.0 Å². The Balaban J connectivity index is 3.82. The first-order valence-electron chi connectivity index (χ1n) is 4.43. The van der Waals surface area contributed by atoms with E-state index >= 15 is 0 Å². The van der Waals surface area contributed by atoms with Gasteiger partial charge < -0.3 is 14.9 Å². The van der Waals surface area contributed by atoms with Gasteiger partial charge in [0.15, 0.2) is 5.60 Å². The van der Waals surface area contributed by atoms with Crippen molar-refractivity contribution >= 4 is 17.7 Å². The van der Waals surface area contributed by atoms with Crippen molar-refractivity contribution in [2.45, 2.75) is 19.4 Å². The first-order chi connectivity index (χ1) is 6.44. The summed E-state index contributed by atoms with van der Waals surface area (Å²) in [7, 11) is 1.25. The molecule has 2 unspecified atom stereocenters. The molecule has 0 bridgehead atoms. The SMILES string of the molecule is COC(=O)C(C)(O)CSCC(C)CO. The number of aliphatic hydroxyl groups is 2. The number of methoxy groups -OCH3 is 1. The van der Waals surface area contributed by atoms with Crippen LogP contribution in [-0.2, 0) is 9.53 Å². The normalized spacial score (nSPS) is 17.2. The Kier molecular flexibility index (Phi) is 6.15. The number of esters is 1. The number of aliphatic hydroxyl groups excluding tert-OH is 1. The quantitative estimate of drug-likeness (QED) is 0.632. The van der Waals surface area contributed by atoms with Crippen LogP contribution < -0.4 is 0 Å². The predicted molar refractivity (Wildman–Crippen MR) is 56.2 cm³/mol. The third-order valence-corrected chi connectivity index (χ3v) is 3.29. The highest BCUT2D eigenvalue weighted by atomic mass is 32.2. The van der Waals surface area contributed by atoms with Crippen LogP contribution in [0, 0.1) is 5.92 Å². The minimum absolute atomic E-state index is 0.118. The molecule has 2 N–H and O–H groups in total. The summed E-state index contributed by atoms with van der Waals surface area (Å²) in [5.74, 6) is 0.545. The molecule has 2 atom stereocenters. The molecule has 4 nitrogen and oxygen atoms in total. The highest BCUT2D eigenvalue weighted by Crippen LogP contribution is 2.16. The molecule has 0 radical (unpaired) electrons. The average molecular weight is 222 g/mol. The fraction of sp³-hybridized carbons (Fsp3) is 0.889. The topological polar surface area (TPSA) is 66.8 Å². The molecule has 0 saturated carbocycles. The Labute approximate surface area is 88.6 Å². The summed E-state index contributed by atoms with van der Waals surface area (Å²) >= 11 is 1.43. The molecule has 0 fully saturated rings. The van der Waals surface area contributed by atoms with E-state index in [0.717, 1.165) is 0 Å². The Morgan fingerprint density at radius 1 is 1.64 bits per heavy atom. The maximum atomic E-state index is 11.0. The number of thioether (sulfide) groups is 1. The smallest absolute Gasteiger partial charge is 0.338 e. The lowest BCUT2D eigenvalue weighted by atomic mass is 10.1. The van der Waals surface area contributed by atoms with Gasteiger partial charge in [0.05, 0.1) is 7.11 Å². The molecule has 0 aliphatic rings. The third kappa shape index (κ3) is 4.83. The molecule has 0 aliphatic carbocycles. The van der Waals surface area contributed by atoms with Gasteiger partial charge in [-0.3, -0.25) is 0 Å². The van der Waals surface area contributed by atoms with Gasteiger partial charge >= 0.3 is 5.97 Å². The summed E-state index contributed by atoms with van der Waals surface area (Å²) in [6.07, 6.45) is 0. The van der Waals surface area contributed by atoms with E-state index in [1.54, 1.807) is 0 Å². The van der Waals surface area contributed by atoms with E-state index in [4.69, 9.17) is 5.11 Å². The minimum atomic E-state index is -1.44. The zero-order chi connectivity index (χ0) is 11.2. The predicted octanol–water partition coefficient (Wildman–Crippen LogP) is 0.272. The summed E-state index contributed by atoms with van der Waals surface area (Å²) in [5, 5.41) is 18.4. The molecule has 5 heteroatoms. The standard InChI is InChI=1S/C9H18O4S/c1-7(4-10)5-14-6-9(2,12)8(11)13-3/h7,10,12H,4-6H2,1-3H3. The van der Waals surface area contributed by atoms with Gasteiger partial charge in [0, 0.05) is 12.4 Å². The summed E-state index contributed by atoms with van der Waals surface area (Å²) in [4.78, 5) is 11.0. The second-order valence-corrected chi connectivity index (χ2v) is 4.60. The molecule has 0 heterocycles. The van der Waals surface area contributed by atoms with Gasteiger partial charge in [-0.2, -0.15) is 11.8 Å². The Bertz CT molecular complexity index is 182. The van der Waals surface area contributed by atoms with Gasteiger partial charge in [-0.05, 0) is 18.6 Å². The van der Waals surface area contributed by atoms with Crippen molar-refractivity contribution in [2.75, 3.05) is 25.2 Å². The van der Waals surface area contributed by atoms with Crippen molar-refractivity contribution in [1.82, 2.24) is 0 Å². The number of hydrogen-bond donors (Lipinski definition) is 2. The minimum Gasteiger partial charge on any atom is -0.467 e. The van der Waals surface area contributed by atoms with Gasteiger partial charge in [0.2, 0.25) is 0 Å². The van der Waals surface area contributed by atoms with Crippen molar-refractivity contribution in [1.29, 1.82) is 0 Å². The zero-order valence-corrected chi connectivity index (χ0v) is 9.63. The van der Waals surface area contributed by atoms with Gasteiger partial charge in [-0.1, -0.05) is 6.92 Å². The second kappa shape index (κ2) is 6.27. The monoisotopic (exact) mass is 222 g/mol. The molecule has 0 aromatic heterocycles. The van der Waals surface area contributed by atoms with Crippen LogP contribution >= 0.6 is 11.8 Å². The lowest BCUT2D eigenvalue weighted by Gasteiger charge is -2.20. The van der Waals surface area contributed by atoms with Crippen LogP contribution in [0.25, 0.3) is 0 Å². The number of ether oxygens (including phenoxy) is 1. The summed E-state index contributed by atoms with van der Waals surface area (Å²) < 4.78 is 4.45. The Morgan fingerprint density at radius 3 is 2.64 bits per heavy atom. The molecule has 0 aromatic rings. The van der Waals surface area contributed by atoms with Crippen molar-refractivity contribution in [2.24, 2.45) is 5.92 Å². The average Bonchev–Trinajstić information content (AvgIpc) is 2.15. The molecule has 14 heavy (non-hydrogen) atoms. The molecule has 0 aliphatic heterocycles. The van der Waals surface area contributed by atoms with E-state index in [-0.39, 0.29) is 18.3 Å². The van der Waals surface area contributed by atoms with Crippen LogP contribution in [0.4, 0.5) is 0 Å². The highest BCUT2D eigenvalue weighted by Gasteiger charge is 2.31. The van der Waals surface area contributed by atoms with Crippen molar-refractivity contribution < 1.29 is 19.7 Å². The lowest BCUT2D eigenvalue weighted by Crippen LogP contribution is -2.39. The molecule has 0 aromatic carbocycles. The largest absolute Gasteiger partial charge is 0.467 e. The van der Waals surface area contributed by atoms with E-state index in [1.165, 1.54) is 25.8 Å². The fourth-order valence-corrected chi connectivity index (χ4v) is 1.93. The van der Waals surface area contributed by atoms with Crippen LogP contribution in [0.5, 0.6) is 0 Å². The van der Waals surface area contributed by atoms with E-state index in [0.29, 0.717) is 5.75 Å². The van der Waals surface area contributed by atoms with Gasteiger partial charge in [0.1, 0.15) is 0 Å². The van der Waals surface area contributed by atoms with Crippen LogP contribution in [0.1, 0.15) is 13.8 Å². The van der Waals surface area contributed by atoms with Crippen molar-refractivity contribution in [3.63, 3.8) is 0 Å². The summed E-state index contributed by atoms with van der Waals surface area (Å²) in [5.41, 5.74) is -1.44. The van der Waals surface area contributed by atoms with Crippen LogP contribution in [0.2, 0.25) is 0 Å². The third-order valence-electron chi connectivity index (χ3n) is 1.72. The fourth-order valence-electron chi connectivity index (χ4n) is 0.790. The van der Waals surface area contributed by atoms with Crippen molar-refractivity contribution in [3.8, 4) is 0 Å². The number of rotatable bonds is 6. The summed E-state index contributed by atoms with van der Waals surface area (Å²) in [6, 6.07) is 0. The van der Waals surface area contributed by atoms with E-state index in [9.17, 15) is 9.90 Å². The molecule has 84 valence electrons. The van der Waals surface area contributed by atoms with Gasteiger partial charge in [-0.15, -0.1) is 0 Å². The molecule has 0 rings (SSSR count). The summed E-state index contributed by atoms with van der Waals surface area (Å²) in [6.45, 7) is 3.45. The number of carbonyl (C=O) groups excluding carboxylic acids is 1. The molecular formula is C9H18O4S. The zero-order valence-electron chi connectivity index (χ0n) is 8.82. The molecule has 0 saturated heterocycles. The Hall–Kier alpha value is -0.260. The number of carbonyl (C=O) groups is 1. The lowest BCUT2D eigenvalue weighted by molar-refractivity contribution is -0.158. The van der Waals surface area contributed by atoms with Crippen LogP contribution in [0.3, 0.4) is 0 Å². The molecule has 0 spiro atoms. The van der Waals surface area contributed by atoms with E-state index < -0.39 is 11.6 Å². The van der Waals surface area contributed by atoms with E-state index in [2.05, 4.69) is 4.74 Å². The highest BCUT2D eigenvalue weighted by molar-refractivity contribution is 7.99. The van der Waals surface area contributed by atoms with Crippen molar-refractivity contribution in [3.05, 3.63) is 0 Å². The van der Waals surface area contributed by atoms with Gasteiger partial charge in [0.25, 0.3) is 0 Å². The Morgan fingerprint density at radius 2 is 2.21 bits per heavy atom. The van der Waals surface area contributed by atoms with Crippen LogP contribution in [0.15, 0.2) is 0 Å². The maximum absolute atomic E-state index is 11.0. The molecule has 0 amide bonds. The maximum Gasteiger partial charge on any atom is 0.338 e. The number of hydrogen-bond acceptors (Lipinski definition) is 5.